The number of nitrogens with zero attached hydrogens (tertiary/aromatic N) is 1. The van der Waals surface area contributed by atoms with Gasteiger partial charge < -0.3 is 5.11 Å². The van der Waals surface area contributed by atoms with E-state index < -0.39 is 16.0 Å². The fourth-order valence-electron chi connectivity index (χ4n) is 1.56. The number of sulfonamides is 1. The molecule has 1 aromatic heterocycles. The summed E-state index contributed by atoms with van der Waals surface area (Å²) in [5, 5.41) is 9.04. The van der Waals surface area contributed by atoms with Gasteiger partial charge in [0.15, 0.2) is 0 Å². The Labute approximate surface area is 134 Å². The van der Waals surface area contributed by atoms with Crippen LogP contribution in [0.1, 0.15) is 10.4 Å². The Morgan fingerprint density at radius 3 is 2.67 bits per heavy atom. The second-order valence-corrected chi connectivity index (χ2v) is 6.88. The highest BCUT2D eigenvalue weighted by Gasteiger charge is 2.21. The Balaban J connectivity index is 2.45. The summed E-state index contributed by atoms with van der Waals surface area (Å²) < 4.78 is 27.4. The Morgan fingerprint density at radius 1 is 1.33 bits per heavy atom. The minimum absolute atomic E-state index is 0.0117. The van der Waals surface area contributed by atoms with Crippen LogP contribution < -0.4 is 4.72 Å². The Bertz CT molecular complexity index is 811. The van der Waals surface area contributed by atoms with E-state index in [1.807, 2.05) is 0 Å². The van der Waals surface area contributed by atoms with Gasteiger partial charge in [0.05, 0.1) is 22.5 Å². The topological polar surface area (TPSA) is 96.4 Å². The van der Waals surface area contributed by atoms with Gasteiger partial charge in [0.2, 0.25) is 0 Å². The Kier molecular flexibility index (Phi) is 4.50. The number of rotatable bonds is 4. The van der Waals surface area contributed by atoms with Gasteiger partial charge in [-0.15, -0.1) is 0 Å². The normalized spacial score (nSPS) is 11.1. The third kappa shape index (κ3) is 3.52. The van der Waals surface area contributed by atoms with Crippen LogP contribution in [-0.2, 0) is 10.0 Å². The molecule has 0 unspecified atom stereocenters. The van der Waals surface area contributed by atoms with Gasteiger partial charge >= 0.3 is 5.97 Å². The van der Waals surface area contributed by atoms with Gasteiger partial charge in [0.1, 0.15) is 4.90 Å². The van der Waals surface area contributed by atoms with Gasteiger partial charge in [0, 0.05) is 10.7 Å². The van der Waals surface area contributed by atoms with Gasteiger partial charge in [-0.25, -0.2) is 13.2 Å². The van der Waals surface area contributed by atoms with Crippen LogP contribution in [0.2, 0.25) is 5.02 Å². The molecule has 6 nitrogen and oxygen atoms in total. The van der Waals surface area contributed by atoms with Crippen molar-refractivity contribution in [2.45, 2.75) is 4.90 Å². The van der Waals surface area contributed by atoms with Crippen LogP contribution in [-0.4, -0.2) is 24.5 Å². The number of halogens is 2. The molecular formula is C12H8BrClN2O4S. The number of anilines is 1. The van der Waals surface area contributed by atoms with Crippen molar-refractivity contribution in [3.63, 3.8) is 0 Å². The summed E-state index contributed by atoms with van der Waals surface area (Å²) >= 11 is 9.07. The van der Waals surface area contributed by atoms with Crippen molar-refractivity contribution in [2.75, 3.05) is 4.72 Å². The van der Waals surface area contributed by atoms with Crippen LogP contribution in [0.25, 0.3) is 0 Å². The summed E-state index contributed by atoms with van der Waals surface area (Å²) in [6.45, 7) is 0. The van der Waals surface area contributed by atoms with Gasteiger partial charge in [0.25, 0.3) is 10.0 Å². The summed E-state index contributed by atoms with van der Waals surface area (Å²) in [6, 6.07) is 5.45. The fourth-order valence-corrected chi connectivity index (χ4v) is 3.66. The van der Waals surface area contributed by atoms with E-state index in [9.17, 15) is 13.2 Å². The van der Waals surface area contributed by atoms with Crippen LogP contribution >= 0.6 is 27.5 Å². The lowest BCUT2D eigenvalue weighted by atomic mass is 10.2. The maximum absolute atomic E-state index is 12.3. The fraction of sp³-hybridized carbons (Fsp3) is 0. The molecule has 0 radical (unpaired) electrons. The predicted octanol–water partition coefficient (Wildman–Crippen LogP) is 3.00. The summed E-state index contributed by atoms with van der Waals surface area (Å²) in [6.07, 6.45) is 2.38. The summed E-state index contributed by atoms with van der Waals surface area (Å²) in [4.78, 5) is 14.6. The van der Waals surface area contributed by atoms with E-state index in [0.717, 1.165) is 6.20 Å². The third-order valence-electron chi connectivity index (χ3n) is 2.48. The highest BCUT2D eigenvalue weighted by Crippen LogP contribution is 2.27. The number of hydrogen-bond donors (Lipinski definition) is 2. The number of hydrogen-bond acceptors (Lipinski definition) is 4. The lowest BCUT2D eigenvalue weighted by Crippen LogP contribution is -2.16. The van der Waals surface area contributed by atoms with Crippen LogP contribution in [0.4, 0.5) is 5.69 Å². The molecule has 9 heteroatoms. The molecule has 0 aliphatic heterocycles. The first-order valence-electron chi connectivity index (χ1n) is 5.46. The summed E-state index contributed by atoms with van der Waals surface area (Å²) in [5.74, 6) is -1.27. The van der Waals surface area contributed by atoms with Crippen LogP contribution in [0.15, 0.2) is 46.0 Å². The molecule has 21 heavy (non-hydrogen) atoms. The van der Waals surface area contributed by atoms with Gasteiger partial charge in [-0.1, -0.05) is 27.5 Å². The van der Waals surface area contributed by atoms with Crippen molar-refractivity contribution in [1.82, 2.24) is 4.98 Å². The molecule has 2 N–H and O–H groups in total. The molecular weight excluding hydrogens is 384 g/mol. The third-order valence-corrected chi connectivity index (χ3v) is 4.82. The zero-order valence-electron chi connectivity index (χ0n) is 10.2. The van der Waals surface area contributed by atoms with Crippen LogP contribution in [0.3, 0.4) is 0 Å². The van der Waals surface area contributed by atoms with Gasteiger partial charge in [-0.2, -0.15) is 0 Å². The number of pyridine rings is 1. The average molecular weight is 392 g/mol. The van der Waals surface area contributed by atoms with Crippen molar-refractivity contribution in [3.05, 3.63) is 51.7 Å². The first kappa shape index (κ1) is 15.7. The molecule has 0 spiro atoms. The van der Waals surface area contributed by atoms with Gasteiger partial charge in [-0.3, -0.25) is 9.71 Å². The van der Waals surface area contributed by atoms with E-state index in [-0.39, 0.29) is 21.2 Å². The first-order chi connectivity index (χ1) is 9.81. The molecule has 1 heterocycles. The zero-order chi connectivity index (χ0) is 15.6. The number of aromatic carboxylic acids is 1. The minimum Gasteiger partial charge on any atom is -0.478 e. The Hall–Kier alpha value is -1.64. The van der Waals surface area contributed by atoms with E-state index in [2.05, 4.69) is 25.6 Å². The molecule has 0 amide bonds. The Morgan fingerprint density at radius 2 is 2.05 bits per heavy atom. The average Bonchev–Trinajstić information content (AvgIpc) is 2.37. The van der Waals surface area contributed by atoms with Crippen molar-refractivity contribution < 1.29 is 18.3 Å². The standard InChI is InChI=1S/C12H8BrClN2O4S/c13-7-1-2-11(9(14)5-7)21(19,20)16-10-6-15-4-3-8(10)12(17)18/h1-6,16H,(H,17,18). The van der Waals surface area contributed by atoms with Crippen molar-refractivity contribution >= 4 is 49.2 Å². The van der Waals surface area contributed by atoms with E-state index in [1.165, 1.54) is 30.5 Å². The molecule has 0 aliphatic rings. The molecule has 2 rings (SSSR count). The second kappa shape index (κ2) is 6.00. The maximum Gasteiger partial charge on any atom is 0.337 e. The van der Waals surface area contributed by atoms with E-state index >= 15 is 0 Å². The first-order valence-corrected chi connectivity index (χ1v) is 8.12. The smallest absolute Gasteiger partial charge is 0.337 e. The zero-order valence-corrected chi connectivity index (χ0v) is 13.4. The highest BCUT2D eigenvalue weighted by atomic mass is 79.9. The number of aromatic nitrogens is 1. The van der Waals surface area contributed by atoms with Crippen molar-refractivity contribution in [1.29, 1.82) is 0 Å². The predicted molar refractivity (Wildman–Crippen MR) is 81.2 cm³/mol. The number of carboxylic acid groups (broad SMARTS) is 1. The molecule has 0 fully saturated rings. The SMILES string of the molecule is O=C(O)c1ccncc1NS(=O)(=O)c1ccc(Br)cc1Cl. The molecule has 0 saturated carbocycles. The molecule has 110 valence electrons. The van der Waals surface area contributed by atoms with E-state index in [4.69, 9.17) is 16.7 Å². The second-order valence-electron chi connectivity index (χ2n) is 3.91. The van der Waals surface area contributed by atoms with Gasteiger partial charge in [-0.05, 0) is 24.3 Å². The van der Waals surface area contributed by atoms with Crippen LogP contribution in [0, 0.1) is 0 Å². The molecule has 0 bridgehead atoms. The van der Waals surface area contributed by atoms with E-state index in [1.54, 1.807) is 0 Å². The lowest BCUT2D eigenvalue weighted by Gasteiger charge is -2.11. The quantitative estimate of drug-likeness (QED) is 0.835. The highest BCUT2D eigenvalue weighted by molar-refractivity contribution is 9.10. The van der Waals surface area contributed by atoms with Crippen molar-refractivity contribution in [3.8, 4) is 0 Å². The summed E-state index contributed by atoms with van der Waals surface area (Å²) in [5.41, 5.74) is -0.342. The number of carbonyl (C=O) groups is 1. The molecule has 0 aliphatic carbocycles. The molecule has 0 saturated heterocycles. The molecule has 2 aromatic rings. The van der Waals surface area contributed by atoms with E-state index in [0.29, 0.717) is 4.47 Å². The summed E-state index contributed by atoms with van der Waals surface area (Å²) in [7, 11) is -4.02. The largest absolute Gasteiger partial charge is 0.478 e. The molecule has 0 atom stereocenters. The molecule has 1 aromatic carbocycles. The van der Waals surface area contributed by atoms with Crippen LogP contribution in [0.5, 0.6) is 0 Å². The minimum atomic E-state index is -4.02. The lowest BCUT2D eigenvalue weighted by molar-refractivity contribution is 0.0698. The number of nitrogens with one attached hydrogen (secondary N) is 1. The maximum atomic E-state index is 12.3. The number of benzene rings is 1. The monoisotopic (exact) mass is 390 g/mol. The van der Waals surface area contributed by atoms with Crippen molar-refractivity contribution in [2.24, 2.45) is 0 Å². The number of carboxylic acids is 1.